The van der Waals surface area contributed by atoms with Crippen LogP contribution in [0, 0.1) is 11.3 Å². The first kappa shape index (κ1) is 11.0. The summed E-state index contributed by atoms with van der Waals surface area (Å²) in [7, 11) is 1.60. The lowest BCUT2D eigenvalue weighted by Gasteiger charge is -2.10. The smallest absolute Gasteiger partial charge is 0.120 e. The molecule has 0 spiro atoms. The minimum atomic E-state index is -0.258. The van der Waals surface area contributed by atoms with Crippen molar-refractivity contribution in [1.29, 1.82) is 5.26 Å². The van der Waals surface area contributed by atoms with E-state index in [-0.39, 0.29) is 6.04 Å². The van der Waals surface area contributed by atoms with Crippen molar-refractivity contribution in [3.05, 3.63) is 28.2 Å². The highest BCUT2D eigenvalue weighted by Crippen LogP contribution is 2.25. The van der Waals surface area contributed by atoms with Crippen LogP contribution in [-0.2, 0) is 0 Å². The van der Waals surface area contributed by atoms with Crippen LogP contribution in [0.2, 0.25) is 0 Å². The average Bonchev–Trinajstić information content (AvgIpc) is 2.17. The number of ether oxygens (including phenoxy) is 1. The lowest BCUT2D eigenvalue weighted by Crippen LogP contribution is -2.09. The second-order valence-electron chi connectivity index (χ2n) is 2.89. The monoisotopic (exact) mass is 254 g/mol. The number of hydrogen-bond donors (Lipinski definition) is 1. The van der Waals surface area contributed by atoms with E-state index >= 15 is 0 Å². The minimum absolute atomic E-state index is 0.258. The van der Waals surface area contributed by atoms with Gasteiger partial charge < -0.3 is 10.5 Å². The van der Waals surface area contributed by atoms with Crippen LogP contribution in [0.3, 0.4) is 0 Å². The Morgan fingerprint density at radius 1 is 1.57 bits per heavy atom. The van der Waals surface area contributed by atoms with Gasteiger partial charge in [0.15, 0.2) is 0 Å². The van der Waals surface area contributed by atoms with E-state index in [2.05, 4.69) is 15.9 Å². The number of rotatable bonds is 3. The van der Waals surface area contributed by atoms with Gasteiger partial charge in [-0.05, 0) is 23.8 Å². The molecule has 14 heavy (non-hydrogen) atoms. The van der Waals surface area contributed by atoms with Crippen LogP contribution in [0.15, 0.2) is 22.7 Å². The van der Waals surface area contributed by atoms with E-state index in [9.17, 15) is 0 Å². The van der Waals surface area contributed by atoms with Crippen LogP contribution in [0.4, 0.5) is 0 Å². The Labute approximate surface area is 91.6 Å². The van der Waals surface area contributed by atoms with Gasteiger partial charge in [-0.15, -0.1) is 0 Å². The average molecular weight is 255 g/mol. The Balaban J connectivity index is 2.97. The number of hydrogen-bond acceptors (Lipinski definition) is 3. The van der Waals surface area contributed by atoms with Gasteiger partial charge >= 0.3 is 0 Å². The Morgan fingerprint density at radius 2 is 2.29 bits per heavy atom. The topological polar surface area (TPSA) is 59.0 Å². The van der Waals surface area contributed by atoms with Crippen molar-refractivity contribution in [3.8, 4) is 11.8 Å². The maximum Gasteiger partial charge on any atom is 0.120 e. The standard InChI is InChI=1S/C10H11BrN2O/c1-14-9-5-7(4-8(11)6-9)10(13)2-3-12/h4-6,10H,2,13H2,1H3. The van der Waals surface area contributed by atoms with E-state index in [1.165, 1.54) is 0 Å². The normalized spacial score (nSPS) is 11.9. The molecule has 0 saturated carbocycles. The summed E-state index contributed by atoms with van der Waals surface area (Å²) in [5, 5.41) is 8.52. The Morgan fingerprint density at radius 3 is 2.86 bits per heavy atom. The molecule has 0 aliphatic carbocycles. The summed E-state index contributed by atoms with van der Waals surface area (Å²) >= 11 is 3.35. The summed E-state index contributed by atoms with van der Waals surface area (Å²) in [5.74, 6) is 0.739. The molecular weight excluding hydrogens is 244 g/mol. The van der Waals surface area contributed by atoms with E-state index in [0.29, 0.717) is 6.42 Å². The van der Waals surface area contributed by atoms with Crippen molar-refractivity contribution in [2.45, 2.75) is 12.5 Å². The molecule has 74 valence electrons. The zero-order valence-corrected chi connectivity index (χ0v) is 9.41. The largest absolute Gasteiger partial charge is 0.497 e. The predicted octanol–water partition coefficient (Wildman–Crippen LogP) is 2.37. The Kier molecular flexibility index (Phi) is 3.93. The van der Waals surface area contributed by atoms with Gasteiger partial charge in [-0.1, -0.05) is 15.9 Å². The summed E-state index contributed by atoms with van der Waals surface area (Å²) in [6.45, 7) is 0. The molecule has 2 N–H and O–H groups in total. The van der Waals surface area contributed by atoms with E-state index in [1.807, 2.05) is 24.3 Å². The van der Waals surface area contributed by atoms with Crippen LogP contribution >= 0.6 is 15.9 Å². The van der Waals surface area contributed by atoms with E-state index < -0.39 is 0 Å². The van der Waals surface area contributed by atoms with Gasteiger partial charge in [0.25, 0.3) is 0 Å². The van der Waals surface area contributed by atoms with E-state index in [1.54, 1.807) is 7.11 Å². The molecule has 1 aromatic carbocycles. The summed E-state index contributed by atoms with van der Waals surface area (Å²) in [6.07, 6.45) is 0.305. The molecule has 1 aromatic rings. The molecule has 0 fully saturated rings. The van der Waals surface area contributed by atoms with Crippen LogP contribution in [0.5, 0.6) is 5.75 Å². The second-order valence-corrected chi connectivity index (χ2v) is 3.81. The molecule has 0 aliphatic rings. The van der Waals surface area contributed by atoms with Gasteiger partial charge in [-0.25, -0.2) is 0 Å². The van der Waals surface area contributed by atoms with Crippen molar-refractivity contribution in [2.24, 2.45) is 5.73 Å². The predicted molar refractivity (Wildman–Crippen MR) is 57.9 cm³/mol. The number of methoxy groups -OCH3 is 1. The molecule has 0 aliphatic heterocycles. The van der Waals surface area contributed by atoms with Gasteiger partial charge in [0, 0.05) is 10.5 Å². The van der Waals surface area contributed by atoms with Crippen molar-refractivity contribution >= 4 is 15.9 Å². The maximum atomic E-state index is 8.52. The fourth-order valence-corrected chi connectivity index (χ4v) is 1.62. The molecule has 0 radical (unpaired) electrons. The molecule has 3 nitrogen and oxygen atoms in total. The quantitative estimate of drug-likeness (QED) is 0.901. The van der Waals surface area contributed by atoms with Gasteiger partial charge in [0.1, 0.15) is 5.75 Å². The zero-order chi connectivity index (χ0) is 10.6. The number of nitriles is 1. The third kappa shape index (κ3) is 2.72. The van der Waals surface area contributed by atoms with Gasteiger partial charge in [0.2, 0.25) is 0 Å². The van der Waals surface area contributed by atoms with Gasteiger partial charge in [-0.3, -0.25) is 0 Å². The SMILES string of the molecule is COc1cc(Br)cc(C(N)CC#N)c1. The Hall–Kier alpha value is -1.05. The fraction of sp³-hybridized carbons (Fsp3) is 0.300. The number of halogens is 1. The third-order valence-electron chi connectivity index (χ3n) is 1.87. The highest BCUT2D eigenvalue weighted by Gasteiger charge is 2.07. The molecule has 0 saturated heterocycles. The number of nitrogens with zero attached hydrogens (tertiary/aromatic N) is 1. The molecule has 0 bridgehead atoms. The van der Waals surface area contributed by atoms with Crippen molar-refractivity contribution < 1.29 is 4.74 Å². The zero-order valence-electron chi connectivity index (χ0n) is 7.83. The van der Waals surface area contributed by atoms with Crippen molar-refractivity contribution in [3.63, 3.8) is 0 Å². The van der Waals surface area contributed by atoms with E-state index in [4.69, 9.17) is 15.7 Å². The fourth-order valence-electron chi connectivity index (χ4n) is 1.13. The van der Waals surface area contributed by atoms with Crippen LogP contribution in [0.25, 0.3) is 0 Å². The summed E-state index contributed by atoms with van der Waals surface area (Å²) in [6, 6.07) is 7.37. The van der Waals surface area contributed by atoms with Crippen molar-refractivity contribution in [1.82, 2.24) is 0 Å². The van der Waals surface area contributed by atoms with Crippen molar-refractivity contribution in [2.75, 3.05) is 7.11 Å². The lowest BCUT2D eigenvalue weighted by molar-refractivity contribution is 0.413. The highest BCUT2D eigenvalue weighted by molar-refractivity contribution is 9.10. The van der Waals surface area contributed by atoms with Gasteiger partial charge in [-0.2, -0.15) is 5.26 Å². The lowest BCUT2D eigenvalue weighted by atomic mass is 10.1. The Bertz CT molecular complexity index is 360. The molecule has 1 unspecified atom stereocenters. The number of nitrogens with two attached hydrogens (primary N) is 1. The maximum absolute atomic E-state index is 8.52. The van der Waals surface area contributed by atoms with E-state index in [0.717, 1.165) is 15.8 Å². The summed E-state index contributed by atoms with van der Waals surface area (Å²) in [4.78, 5) is 0. The third-order valence-corrected chi connectivity index (χ3v) is 2.33. The number of benzene rings is 1. The minimum Gasteiger partial charge on any atom is -0.497 e. The molecule has 1 rings (SSSR count). The summed E-state index contributed by atoms with van der Waals surface area (Å²) < 4.78 is 6.00. The first-order chi connectivity index (χ1) is 6.67. The molecule has 0 aromatic heterocycles. The second kappa shape index (κ2) is 4.99. The molecule has 0 amide bonds. The first-order valence-corrected chi connectivity index (χ1v) is 4.93. The van der Waals surface area contributed by atoms with Crippen LogP contribution in [0.1, 0.15) is 18.0 Å². The first-order valence-electron chi connectivity index (χ1n) is 4.14. The highest BCUT2D eigenvalue weighted by atomic mass is 79.9. The van der Waals surface area contributed by atoms with Gasteiger partial charge in [0.05, 0.1) is 19.6 Å². The molecule has 4 heteroatoms. The molecule has 1 atom stereocenters. The molecule has 0 heterocycles. The van der Waals surface area contributed by atoms with Crippen LogP contribution in [-0.4, -0.2) is 7.11 Å². The molecular formula is C10H11BrN2O. The summed E-state index contributed by atoms with van der Waals surface area (Å²) in [5.41, 5.74) is 6.70. The van der Waals surface area contributed by atoms with Crippen LogP contribution < -0.4 is 10.5 Å².